The number of hydrogen-bond acceptors (Lipinski definition) is 2. The normalized spacial score (nSPS) is 10.6. The molecular formula is C22H22FN3O2. The number of amides is 2. The third-order valence-corrected chi connectivity index (χ3v) is 4.56. The molecule has 0 bridgehead atoms. The lowest BCUT2D eigenvalue weighted by Crippen LogP contribution is -2.42. The Morgan fingerprint density at radius 1 is 0.929 bits per heavy atom. The smallest absolute Gasteiger partial charge is 0.271 e. The summed E-state index contributed by atoms with van der Waals surface area (Å²) in [5.74, 6) is -1.02. The van der Waals surface area contributed by atoms with Gasteiger partial charge in [0.15, 0.2) is 0 Å². The van der Waals surface area contributed by atoms with Crippen molar-refractivity contribution in [3.05, 3.63) is 88.5 Å². The zero-order valence-corrected chi connectivity index (χ0v) is 16.0. The van der Waals surface area contributed by atoms with Crippen molar-refractivity contribution >= 4 is 11.8 Å². The average molecular weight is 379 g/mol. The van der Waals surface area contributed by atoms with E-state index in [1.807, 2.05) is 42.7 Å². The molecule has 28 heavy (non-hydrogen) atoms. The molecule has 0 saturated carbocycles. The maximum atomic E-state index is 13.2. The van der Waals surface area contributed by atoms with Gasteiger partial charge in [-0.15, -0.1) is 0 Å². The fraction of sp³-hybridized carbons (Fsp3) is 0.182. The van der Waals surface area contributed by atoms with Crippen LogP contribution in [0.3, 0.4) is 0 Å². The van der Waals surface area contributed by atoms with Crippen LogP contribution in [0.4, 0.5) is 4.39 Å². The zero-order chi connectivity index (χ0) is 20.3. The van der Waals surface area contributed by atoms with E-state index in [0.29, 0.717) is 11.3 Å². The van der Waals surface area contributed by atoms with Crippen LogP contribution in [-0.4, -0.2) is 16.4 Å². The standard InChI is InChI=1S/C22H22FN3O2/c1-14-4-6-17(7-5-14)13-21(27)24-25-22(28)20-12-15(2)26(16(20)3)19-10-8-18(23)9-11-19/h4-12H,13H2,1-3H3,(H,24,27)(H,25,28). The number of aryl methyl sites for hydroxylation is 2. The van der Waals surface area contributed by atoms with Gasteiger partial charge in [0, 0.05) is 17.1 Å². The highest BCUT2D eigenvalue weighted by Gasteiger charge is 2.17. The van der Waals surface area contributed by atoms with Crippen molar-refractivity contribution < 1.29 is 14.0 Å². The predicted octanol–water partition coefficient (Wildman–Crippen LogP) is 3.55. The van der Waals surface area contributed by atoms with E-state index in [-0.39, 0.29) is 18.1 Å². The molecule has 144 valence electrons. The van der Waals surface area contributed by atoms with Gasteiger partial charge in [-0.25, -0.2) is 4.39 Å². The summed E-state index contributed by atoms with van der Waals surface area (Å²) in [6.07, 6.45) is 0.176. The van der Waals surface area contributed by atoms with E-state index in [1.165, 1.54) is 12.1 Å². The molecule has 0 atom stereocenters. The first-order chi connectivity index (χ1) is 13.3. The average Bonchev–Trinajstić information content (AvgIpc) is 2.97. The minimum atomic E-state index is -0.404. The van der Waals surface area contributed by atoms with Crippen LogP contribution in [0.5, 0.6) is 0 Å². The van der Waals surface area contributed by atoms with Crippen molar-refractivity contribution in [3.63, 3.8) is 0 Å². The Morgan fingerprint density at radius 2 is 1.57 bits per heavy atom. The molecule has 2 N–H and O–H groups in total. The zero-order valence-electron chi connectivity index (χ0n) is 16.0. The Morgan fingerprint density at radius 3 is 2.21 bits per heavy atom. The highest BCUT2D eigenvalue weighted by molar-refractivity contribution is 5.97. The van der Waals surface area contributed by atoms with E-state index in [4.69, 9.17) is 0 Å². The van der Waals surface area contributed by atoms with Crippen molar-refractivity contribution in [2.45, 2.75) is 27.2 Å². The van der Waals surface area contributed by atoms with Gasteiger partial charge in [-0.3, -0.25) is 20.4 Å². The summed E-state index contributed by atoms with van der Waals surface area (Å²) in [7, 11) is 0. The molecule has 5 nitrogen and oxygen atoms in total. The fourth-order valence-electron chi connectivity index (χ4n) is 3.11. The Balaban J connectivity index is 1.67. The summed E-state index contributed by atoms with van der Waals surface area (Å²) >= 11 is 0. The molecule has 1 heterocycles. The molecule has 0 radical (unpaired) electrons. The quantitative estimate of drug-likeness (QED) is 0.681. The van der Waals surface area contributed by atoms with Crippen LogP contribution in [0, 0.1) is 26.6 Å². The van der Waals surface area contributed by atoms with Crippen LogP contribution in [0.2, 0.25) is 0 Å². The van der Waals surface area contributed by atoms with E-state index < -0.39 is 5.91 Å². The monoisotopic (exact) mass is 379 g/mol. The first kappa shape index (κ1) is 19.4. The third-order valence-electron chi connectivity index (χ3n) is 4.56. The molecule has 0 unspecified atom stereocenters. The van der Waals surface area contributed by atoms with Gasteiger partial charge in [0.05, 0.1) is 12.0 Å². The number of carbonyl (C=O) groups excluding carboxylic acids is 2. The highest BCUT2D eigenvalue weighted by Crippen LogP contribution is 2.21. The van der Waals surface area contributed by atoms with Crippen molar-refractivity contribution in [3.8, 4) is 5.69 Å². The second-order valence-corrected chi connectivity index (χ2v) is 6.76. The number of benzene rings is 2. The molecule has 2 amide bonds. The largest absolute Gasteiger partial charge is 0.318 e. The molecule has 1 aromatic heterocycles. The summed E-state index contributed by atoms with van der Waals surface area (Å²) in [5.41, 5.74) is 9.64. The number of halogens is 1. The van der Waals surface area contributed by atoms with Crippen molar-refractivity contribution in [1.82, 2.24) is 15.4 Å². The number of nitrogens with one attached hydrogen (secondary N) is 2. The van der Waals surface area contributed by atoms with Gasteiger partial charge < -0.3 is 4.57 Å². The van der Waals surface area contributed by atoms with Crippen molar-refractivity contribution in [2.75, 3.05) is 0 Å². The summed E-state index contributed by atoms with van der Waals surface area (Å²) in [5, 5.41) is 0. The Kier molecular flexibility index (Phi) is 5.59. The molecule has 0 aliphatic carbocycles. The van der Waals surface area contributed by atoms with E-state index >= 15 is 0 Å². The first-order valence-electron chi connectivity index (χ1n) is 8.95. The molecule has 3 aromatic rings. The summed E-state index contributed by atoms with van der Waals surface area (Å²) < 4.78 is 15.0. The molecule has 0 fully saturated rings. The van der Waals surface area contributed by atoms with Crippen molar-refractivity contribution in [1.29, 1.82) is 0 Å². The molecule has 0 aliphatic heterocycles. The molecule has 0 saturated heterocycles. The minimum absolute atomic E-state index is 0.176. The number of rotatable bonds is 4. The highest BCUT2D eigenvalue weighted by atomic mass is 19.1. The molecule has 2 aromatic carbocycles. The maximum absolute atomic E-state index is 13.2. The van der Waals surface area contributed by atoms with Crippen LogP contribution in [-0.2, 0) is 11.2 Å². The lowest BCUT2D eigenvalue weighted by molar-refractivity contribution is -0.121. The van der Waals surface area contributed by atoms with Gasteiger partial charge in [0.25, 0.3) is 5.91 Å². The van der Waals surface area contributed by atoms with E-state index in [2.05, 4.69) is 10.9 Å². The SMILES string of the molecule is Cc1ccc(CC(=O)NNC(=O)c2cc(C)n(-c3ccc(F)cc3)c2C)cc1. The van der Waals surface area contributed by atoms with Crippen LogP contribution in [0.1, 0.15) is 32.9 Å². The summed E-state index contributed by atoms with van der Waals surface area (Å²) in [4.78, 5) is 24.6. The Hall–Kier alpha value is -3.41. The van der Waals surface area contributed by atoms with Gasteiger partial charge in [0.2, 0.25) is 5.91 Å². The number of nitrogens with zero attached hydrogens (tertiary/aromatic N) is 1. The van der Waals surface area contributed by atoms with E-state index in [0.717, 1.165) is 22.5 Å². The minimum Gasteiger partial charge on any atom is -0.318 e. The van der Waals surface area contributed by atoms with Gasteiger partial charge in [-0.1, -0.05) is 29.8 Å². The number of hydrazine groups is 1. The second-order valence-electron chi connectivity index (χ2n) is 6.76. The van der Waals surface area contributed by atoms with Crippen LogP contribution < -0.4 is 10.9 Å². The molecule has 0 aliphatic rings. The lowest BCUT2D eigenvalue weighted by atomic mass is 10.1. The number of hydrogen-bond donors (Lipinski definition) is 2. The maximum Gasteiger partial charge on any atom is 0.271 e. The first-order valence-corrected chi connectivity index (χ1v) is 8.95. The summed E-state index contributed by atoms with van der Waals surface area (Å²) in [6.45, 7) is 5.65. The van der Waals surface area contributed by atoms with Crippen LogP contribution in [0.25, 0.3) is 5.69 Å². The van der Waals surface area contributed by atoms with E-state index in [1.54, 1.807) is 25.1 Å². The third kappa shape index (κ3) is 4.28. The topological polar surface area (TPSA) is 63.1 Å². The van der Waals surface area contributed by atoms with Crippen LogP contribution in [0.15, 0.2) is 54.6 Å². The number of carbonyl (C=O) groups is 2. The predicted molar refractivity (Wildman–Crippen MR) is 106 cm³/mol. The number of aromatic nitrogens is 1. The van der Waals surface area contributed by atoms with Crippen LogP contribution >= 0.6 is 0 Å². The fourth-order valence-corrected chi connectivity index (χ4v) is 3.11. The molecule has 3 rings (SSSR count). The van der Waals surface area contributed by atoms with E-state index in [9.17, 15) is 14.0 Å². The molecule has 0 spiro atoms. The second kappa shape index (κ2) is 8.08. The Bertz CT molecular complexity index is 1010. The van der Waals surface area contributed by atoms with Crippen molar-refractivity contribution in [2.24, 2.45) is 0 Å². The molecule has 6 heteroatoms. The van der Waals surface area contributed by atoms with Gasteiger partial charge in [-0.2, -0.15) is 0 Å². The summed E-state index contributed by atoms with van der Waals surface area (Å²) in [6, 6.07) is 15.4. The van der Waals surface area contributed by atoms with Gasteiger partial charge in [0.1, 0.15) is 5.82 Å². The van der Waals surface area contributed by atoms with Gasteiger partial charge in [-0.05, 0) is 56.7 Å². The lowest BCUT2D eigenvalue weighted by Gasteiger charge is -2.10. The van der Waals surface area contributed by atoms with Gasteiger partial charge >= 0.3 is 0 Å². The molecular weight excluding hydrogens is 357 g/mol. The Labute approximate surface area is 163 Å².